The Balaban J connectivity index is 5.17. The molecule has 0 aromatic rings. The summed E-state index contributed by atoms with van der Waals surface area (Å²) in [7, 11) is 1.38. The zero-order valence-corrected chi connectivity index (χ0v) is 9.15. The molecule has 6 nitrogen and oxygen atoms in total. The molecule has 0 aliphatic carbocycles. The van der Waals surface area contributed by atoms with Gasteiger partial charge in [-0.05, 0) is 6.92 Å². The van der Waals surface area contributed by atoms with Crippen LogP contribution in [0.4, 0.5) is 0 Å². The van der Waals surface area contributed by atoms with E-state index in [2.05, 4.69) is 4.74 Å². The summed E-state index contributed by atoms with van der Waals surface area (Å²) in [6, 6.07) is 0. The van der Waals surface area contributed by atoms with Crippen molar-refractivity contribution in [1.29, 1.82) is 0 Å². The second-order valence-corrected chi connectivity index (χ2v) is 3.19. The number of aliphatic carboxylic acids is 2. The highest BCUT2D eigenvalue weighted by atomic mass is 16.5. The topological polar surface area (TPSA) is 101 Å². The van der Waals surface area contributed by atoms with E-state index in [1.807, 2.05) is 0 Å². The van der Waals surface area contributed by atoms with Crippen LogP contribution in [0.3, 0.4) is 0 Å². The van der Waals surface area contributed by atoms with Gasteiger partial charge in [-0.3, -0.25) is 4.79 Å². The van der Waals surface area contributed by atoms with Gasteiger partial charge < -0.3 is 14.9 Å². The van der Waals surface area contributed by atoms with E-state index in [1.165, 1.54) is 14.0 Å². The van der Waals surface area contributed by atoms with E-state index in [-0.39, 0.29) is 30.6 Å². The number of ether oxygens (including phenoxy) is 1. The Kier molecular flexibility index (Phi) is 6.02. The fourth-order valence-electron chi connectivity index (χ4n) is 1.15. The first-order valence-electron chi connectivity index (χ1n) is 4.57. The predicted molar refractivity (Wildman–Crippen MR) is 54.1 cm³/mol. The first kappa shape index (κ1) is 14.3. The van der Waals surface area contributed by atoms with E-state index < -0.39 is 17.7 Å². The van der Waals surface area contributed by atoms with Gasteiger partial charge in [0.1, 0.15) is 5.78 Å². The highest BCUT2D eigenvalue weighted by Crippen LogP contribution is 2.14. The van der Waals surface area contributed by atoms with Gasteiger partial charge in [0.05, 0.1) is 17.8 Å². The normalized spacial score (nSPS) is 11.9. The molecule has 0 saturated heterocycles. The highest BCUT2D eigenvalue weighted by molar-refractivity contribution is 6.02. The number of Topliss-reactive ketones (excluding diaryl/α,β-unsaturated/α-hetero) is 1. The molecule has 16 heavy (non-hydrogen) atoms. The lowest BCUT2D eigenvalue weighted by atomic mass is 10.0. The van der Waals surface area contributed by atoms with Crippen LogP contribution in [-0.2, 0) is 19.1 Å². The molecule has 0 saturated carbocycles. The van der Waals surface area contributed by atoms with Crippen molar-refractivity contribution in [2.75, 3.05) is 13.7 Å². The second-order valence-electron chi connectivity index (χ2n) is 3.19. The molecule has 2 N–H and O–H groups in total. The number of hydrogen-bond acceptors (Lipinski definition) is 4. The Morgan fingerprint density at radius 2 is 1.56 bits per heavy atom. The summed E-state index contributed by atoms with van der Waals surface area (Å²) in [6.45, 7) is 1.30. The number of methoxy groups -OCH3 is 1. The Labute approximate surface area is 92.5 Å². The molecule has 0 aliphatic heterocycles. The minimum Gasteiger partial charge on any atom is -0.478 e. The maximum Gasteiger partial charge on any atom is 0.332 e. The summed E-state index contributed by atoms with van der Waals surface area (Å²) in [5, 5.41) is 17.7. The third-order valence-corrected chi connectivity index (χ3v) is 1.86. The van der Waals surface area contributed by atoms with Crippen LogP contribution >= 0.6 is 0 Å². The van der Waals surface area contributed by atoms with E-state index >= 15 is 0 Å². The smallest absolute Gasteiger partial charge is 0.332 e. The minimum atomic E-state index is -1.39. The molecule has 0 bridgehead atoms. The van der Waals surface area contributed by atoms with Crippen LogP contribution in [0, 0.1) is 0 Å². The van der Waals surface area contributed by atoms with Crippen molar-refractivity contribution >= 4 is 17.7 Å². The molecule has 0 spiro atoms. The minimum absolute atomic E-state index is 0.0409. The molecule has 0 atom stereocenters. The Morgan fingerprint density at radius 3 is 1.88 bits per heavy atom. The molecule has 6 heteroatoms. The van der Waals surface area contributed by atoms with Crippen LogP contribution in [0.1, 0.15) is 19.8 Å². The standard InChI is InChI=1S/C10H14O6/c1-6(11)5-8(10(14)15)7(9(12)13)3-4-16-2/h3-5H2,1-2H3,(H,12,13)(H,14,15). The third kappa shape index (κ3) is 4.70. The number of hydrogen-bond donors (Lipinski definition) is 2. The van der Waals surface area contributed by atoms with Gasteiger partial charge in [-0.2, -0.15) is 0 Å². The molecule has 0 unspecified atom stereocenters. The van der Waals surface area contributed by atoms with Crippen LogP contribution in [0.25, 0.3) is 0 Å². The molecule has 0 aromatic carbocycles. The Hall–Kier alpha value is -1.69. The monoisotopic (exact) mass is 230 g/mol. The van der Waals surface area contributed by atoms with Crippen LogP contribution in [-0.4, -0.2) is 41.7 Å². The largest absolute Gasteiger partial charge is 0.478 e. The van der Waals surface area contributed by atoms with Gasteiger partial charge in [-0.1, -0.05) is 0 Å². The first-order valence-corrected chi connectivity index (χ1v) is 4.57. The molecule has 0 heterocycles. The lowest BCUT2D eigenvalue weighted by Gasteiger charge is -2.07. The van der Waals surface area contributed by atoms with Crippen LogP contribution in [0.15, 0.2) is 11.1 Å². The lowest BCUT2D eigenvalue weighted by molar-refractivity contribution is -0.136. The summed E-state index contributed by atoms with van der Waals surface area (Å²) in [4.78, 5) is 32.5. The number of rotatable bonds is 7. The SMILES string of the molecule is COCCC(C(=O)O)=C(CC(C)=O)C(=O)O. The summed E-state index contributed by atoms with van der Waals surface area (Å²) in [5.74, 6) is -3.12. The second kappa shape index (κ2) is 6.73. The number of carboxylic acids is 2. The van der Waals surface area contributed by atoms with Crippen molar-refractivity contribution in [3.8, 4) is 0 Å². The quantitative estimate of drug-likeness (QED) is 0.616. The first-order chi connectivity index (χ1) is 7.40. The maximum atomic E-state index is 10.8. The van der Waals surface area contributed by atoms with Crippen molar-refractivity contribution in [3.05, 3.63) is 11.1 Å². The molecular formula is C10H14O6. The predicted octanol–water partition coefficient (Wildman–Crippen LogP) is 0.468. The van der Waals surface area contributed by atoms with E-state index in [1.54, 1.807) is 0 Å². The van der Waals surface area contributed by atoms with Gasteiger partial charge in [0.25, 0.3) is 0 Å². The van der Waals surface area contributed by atoms with Crippen molar-refractivity contribution < 1.29 is 29.3 Å². The summed E-state index contributed by atoms with van der Waals surface area (Å²) < 4.78 is 4.68. The fraction of sp³-hybridized carbons (Fsp3) is 0.500. The summed E-state index contributed by atoms with van der Waals surface area (Å²) in [5.41, 5.74) is -0.665. The van der Waals surface area contributed by atoms with Gasteiger partial charge in [-0.15, -0.1) is 0 Å². The molecule has 90 valence electrons. The van der Waals surface area contributed by atoms with Crippen molar-refractivity contribution in [2.24, 2.45) is 0 Å². The Morgan fingerprint density at radius 1 is 1.06 bits per heavy atom. The molecule has 0 radical (unpaired) electrons. The van der Waals surface area contributed by atoms with Gasteiger partial charge >= 0.3 is 11.9 Å². The van der Waals surface area contributed by atoms with Gasteiger partial charge in [0.2, 0.25) is 0 Å². The lowest BCUT2D eigenvalue weighted by Crippen LogP contribution is -2.15. The zero-order valence-electron chi connectivity index (χ0n) is 9.15. The number of carbonyl (C=O) groups is 3. The third-order valence-electron chi connectivity index (χ3n) is 1.86. The van der Waals surface area contributed by atoms with Crippen LogP contribution in [0.5, 0.6) is 0 Å². The molecule has 0 rings (SSSR count). The molecular weight excluding hydrogens is 216 g/mol. The highest BCUT2D eigenvalue weighted by Gasteiger charge is 2.20. The van der Waals surface area contributed by atoms with E-state index in [9.17, 15) is 14.4 Å². The zero-order chi connectivity index (χ0) is 12.7. The molecule has 0 amide bonds. The van der Waals surface area contributed by atoms with Gasteiger partial charge in [0, 0.05) is 20.0 Å². The van der Waals surface area contributed by atoms with Crippen LogP contribution in [0.2, 0.25) is 0 Å². The van der Waals surface area contributed by atoms with E-state index in [0.29, 0.717) is 0 Å². The van der Waals surface area contributed by atoms with E-state index in [4.69, 9.17) is 10.2 Å². The van der Waals surface area contributed by atoms with Crippen LogP contribution < -0.4 is 0 Å². The number of carbonyl (C=O) groups excluding carboxylic acids is 1. The summed E-state index contributed by atoms with van der Waals surface area (Å²) >= 11 is 0. The number of ketones is 1. The molecule has 0 aliphatic rings. The van der Waals surface area contributed by atoms with Crippen molar-refractivity contribution in [3.63, 3.8) is 0 Å². The van der Waals surface area contributed by atoms with Crippen molar-refractivity contribution in [2.45, 2.75) is 19.8 Å². The van der Waals surface area contributed by atoms with E-state index in [0.717, 1.165) is 0 Å². The number of carboxylic acid groups (broad SMARTS) is 2. The fourth-order valence-corrected chi connectivity index (χ4v) is 1.15. The van der Waals surface area contributed by atoms with Gasteiger partial charge in [0.15, 0.2) is 0 Å². The average Bonchev–Trinajstić information content (AvgIpc) is 2.15. The molecule has 0 aromatic heterocycles. The maximum absolute atomic E-state index is 10.8. The average molecular weight is 230 g/mol. The summed E-state index contributed by atoms with van der Waals surface area (Å²) in [6.07, 6.45) is -0.429. The molecule has 0 fully saturated rings. The van der Waals surface area contributed by atoms with Crippen molar-refractivity contribution in [1.82, 2.24) is 0 Å². The Bertz CT molecular complexity index is 328. The van der Waals surface area contributed by atoms with Gasteiger partial charge in [-0.25, -0.2) is 9.59 Å².